The molecule has 5 nitrogen and oxygen atoms in total. The average Bonchev–Trinajstić information content (AvgIpc) is 3.28. The number of ether oxygens (including phenoxy) is 1. The molecule has 0 spiro atoms. The Labute approximate surface area is 191 Å². The zero-order valence-electron chi connectivity index (χ0n) is 18.0. The van der Waals surface area contributed by atoms with Gasteiger partial charge in [-0.15, -0.1) is 0 Å². The Kier molecular flexibility index (Phi) is 5.77. The molecule has 3 aromatic carbocycles. The van der Waals surface area contributed by atoms with Crippen molar-refractivity contribution in [1.82, 2.24) is 9.88 Å². The van der Waals surface area contributed by atoms with E-state index in [-0.39, 0.29) is 5.91 Å². The molecule has 0 atom stereocenters. The van der Waals surface area contributed by atoms with Crippen LogP contribution in [0.3, 0.4) is 0 Å². The Balaban J connectivity index is 1.23. The van der Waals surface area contributed by atoms with E-state index in [0.29, 0.717) is 19.7 Å². The molecule has 1 aromatic heterocycles. The Bertz CT molecular complexity index is 1210. The van der Waals surface area contributed by atoms with Gasteiger partial charge in [-0.25, -0.2) is 4.98 Å². The zero-order chi connectivity index (χ0) is 21.9. The molecular weight excluding hydrogens is 418 g/mol. The summed E-state index contributed by atoms with van der Waals surface area (Å²) < 4.78 is 6.73. The molecule has 2 heterocycles. The first-order valence-electron chi connectivity index (χ1n) is 10.9. The number of aromatic nitrogens is 1. The van der Waals surface area contributed by atoms with E-state index in [1.807, 2.05) is 66.4 Å². The van der Waals surface area contributed by atoms with E-state index in [2.05, 4.69) is 23.1 Å². The third-order valence-electron chi connectivity index (χ3n) is 5.74. The third-order valence-corrected chi connectivity index (χ3v) is 6.81. The summed E-state index contributed by atoms with van der Waals surface area (Å²) in [6, 6.07) is 24.2. The fourth-order valence-corrected chi connectivity index (χ4v) is 5.05. The van der Waals surface area contributed by atoms with Crippen molar-refractivity contribution in [2.75, 3.05) is 37.7 Å². The minimum atomic E-state index is 0.0925. The molecule has 1 aliphatic heterocycles. The molecule has 5 rings (SSSR count). The molecule has 0 N–H and O–H groups in total. The fraction of sp³-hybridized carbons (Fsp3) is 0.231. The van der Waals surface area contributed by atoms with Gasteiger partial charge < -0.3 is 14.5 Å². The number of rotatable bonds is 5. The first-order valence-corrected chi connectivity index (χ1v) is 11.8. The molecular formula is C26H25N3O2S. The minimum absolute atomic E-state index is 0.0925. The van der Waals surface area contributed by atoms with E-state index in [1.54, 1.807) is 11.3 Å². The number of carbonyl (C=O) groups is 1. The molecule has 0 saturated carbocycles. The topological polar surface area (TPSA) is 45.7 Å². The summed E-state index contributed by atoms with van der Waals surface area (Å²) in [6.45, 7) is 5.60. The molecule has 1 fully saturated rings. The molecule has 6 heteroatoms. The van der Waals surface area contributed by atoms with E-state index in [9.17, 15) is 4.79 Å². The van der Waals surface area contributed by atoms with Gasteiger partial charge in [0.25, 0.3) is 5.91 Å². The van der Waals surface area contributed by atoms with Crippen molar-refractivity contribution in [1.29, 1.82) is 0 Å². The lowest BCUT2D eigenvalue weighted by atomic mass is 10.0. The molecule has 1 saturated heterocycles. The van der Waals surface area contributed by atoms with Crippen LogP contribution in [-0.2, 0) is 0 Å². The van der Waals surface area contributed by atoms with E-state index < -0.39 is 0 Å². The second kappa shape index (κ2) is 9.01. The summed E-state index contributed by atoms with van der Waals surface area (Å²) in [7, 11) is 0. The predicted octanol–water partition coefficient (Wildman–Crippen LogP) is 5.32. The predicted molar refractivity (Wildman–Crippen MR) is 131 cm³/mol. The second-order valence-corrected chi connectivity index (χ2v) is 8.79. The maximum Gasteiger partial charge on any atom is 0.253 e. The summed E-state index contributed by atoms with van der Waals surface area (Å²) in [6.07, 6.45) is 0. The van der Waals surface area contributed by atoms with Crippen LogP contribution in [0.5, 0.6) is 5.75 Å². The SMILES string of the molecule is CCOc1ccc2nc(N3CCN(C(=O)c4ccc(-c5ccccc5)cc4)CC3)sc2c1. The molecule has 0 bridgehead atoms. The number of nitrogens with zero attached hydrogens (tertiary/aromatic N) is 3. The molecule has 0 radical (unpaired) electrons. The van der Waals surface area contributed by atoms with Crippen molar-refractivity contribution in [3.8, 4) is 16.9 Å². The lowest BCUT2D eigenvalue weighted by Gasteiger charge is -2.34. The van der Waals surface area contributed by atoms with Crippen molar-refractivity contribution in [3.05, 3.63) is 78.4 Å². The van der Waals surface area contributed by atoms with Crippen molar-refractivity contribution in [2.45, 2.75) is 6.92 Å². The summed E-state index contributed by atoms with van der Waals surface area (Å²) in [5.41, 5.74) is 4.01. The largest absolute Gasteiger partial charge is 0.494 e. The van der Waals surface area contributed by atoms with Crippen LogP contribution < -0.4 is 9.64 Å². The first-order chi connectivity index (χ1) is 15.7. The number of fused-ring (bicyclic) bond motifs is 1. The van der Waals surface area contributed by atoms with Gasteiger partial charge in [-0.3, -0.25) is 4.79 Å². The van der Waals surface area contributed by atoms with Crippen LogP contribution in [0.1, 0.15) is 17.3 Å². The highest BCUT2D eigenvalue weighted by Gasteiger charge is 2.24. The van der Waals surface area contributed by atoms with Crippen molar-refractivity contribution in [2.24, 2.45) is 0 Å². The van der Waals surface area contributed by atoms with Crippen LogP contribution in [0, 0.1) is 0 Å². The highest BCUT2D eigenvalue weighted by Crippen LogP contribution is 2.32. The number of carbonyl (C=O) groups excluding carboxylic acids is 1. The second-order valence-electron chi connectivity index (χ2n) is 7.78. The first kappa shape index (κ1) is 20.5. The van der Waals surface area contributed by atoms with Gasteiger partial charge in [0.2, 0.25) is 0 Å². The van der Waals surface area contributed by atoms with Crippen LogP contribution in [0.25, 0.3) is 21.3 Å². The van der Waals surface area contributed by atoms with Crippen LogP contribution in [-0.4, -0.2) is 48.6 Å². The normalized spacial score (nSPS) is 14.0. The number of hydrogen-bond acceptors (Lipinski definition) is 5. The van der Waals surface area contributed by atoms with Crippen molar-refractivity contribution >= 4 is 32.6 Å². The average molecular weight is 444 g/mol. The van der Waals surface area contributed by atoms with Gasteiger partial charge in [-0.2, -0.15) is 0 Å². The Morgan fingerprint density at radius 1 is 0.938 bits per heavy atom. The number of piperazine rings is 1. The summed E-state index contributed by atoms with van der Waals surface area (Å²) in [4.78, 5) is 22.0. The lowest BCUT2D eigenvalue weighted by Crippen LogP contribution is -2.48. The Morgan fingerprint density at radius 2 is 1.66 bits per heavy atom. The van der Waals surface area contributed by atoms with E-state index in [0.717, 1.165) is 50.9 Å². The van der Waals surface area contributed by atoms with E-state index in [1.165, 1.54) is 0 Å². The molecule has 4 aromatic rings. The molecule has 162 valence electrons. The van der Waals surface area contributed by atoms with Crippen LogP contribution in [0.4, 0.5) is 5.13 Å². The number of benzene rings is 3. The molecule has 32 heavy (non-hydrogen) atoms. The fourth-order valence-electron chi connectivity index (χ4n) is 4.00. The van der Waals surface area contributed by atoms with Gasteiger partial charge in [0.15, 0.2) is 5.13 Å². The maximum atomic E-state index is 13.0. The summed E-state index contributed by atoms with van der Waals surface area (Å²) >= 11 is 1.68. The Hall–Kier alpha value is -3.38. The van der Waals surface area contributed by atoms with E-state index >= 15 is 0 Å². The monoisotopic (exact) mass is 443 g/mol. The van der Waals surface area contributed by atoms with E-state index in [4.69, 9.17) is 9.72 Å². The highest BCUT2D eigenvalue weighted by molar-refractivity contribution is 7.22. The highest BCUT2D eigenvalue weighted by atomic mass is 32.1. The third kappa shape index (κ3) is 4.18. The van der Waals surface area contributed by atoms with Crippen LogP contribution in [0.2, 0.25) is 0 Å². The number of thiazole rings is 1. The van der Waals surface area contributed by atoms with Gasteiger partial charge in [0.1, 0.15) is 5.75 Å². The number of hydrogen-bond donors (Lipinski definition) is 0. The standard InChI is InChI=1S/C26H25N3O2S/c1-2-31-22-12-13-23-24(18-22)32-26(27-23)29-16-14-28(15-17-29)25(30)21-10-8-20(9-11-21)19-6-4-3-5-7-19/h3-13,18H,2,14-17H2,1H3. The van der Waals surface area contributed by atoms with Gasteiger partial charge in [-0.05, 0) is 48.4 Å². The molecule has 0 aliphatic carbocycles. The smallest absolute Gasteiger partial charge is 0.253 e. The van der Waals surface area contributed by atoms with Gasteiger partial charge in [0, 0.05) is 31.7 Å². The van der Waals surface area contributed by atoms with Crippen LogP contribution in [0.15, 0.2) is 72.8 Å². The van der Waals surface area contributed by atoms with Crippen molar-refractivity contribution in [3.63, 3.8) is 0 Å². The minimum Gasteiger partial charge on any atom is -0.494 e. The quantitative estimate of drug-likeness (QED) is 0.419. The summed E-state index contributed by atoms with van der Waals surface area (Å²) in [5.74, 6) is 0.971. The Morgan fingerprint density at radius 3 is 2.38 bits per heavy atom. The maximum absolute atomic E-state index is 13.0. The van der Waals surface area contributed by atoms with Crippen LogP contribution >= 0.6 is 11.3 Å². The molecule has 1 amide bonds. The zero-order valence-corrected chi connectivity index (χ0v) is 18.8. The summed E-state index contributed by atoms with van der Waals surface area (Å²) in [5, 5.41) is 1.01. The molecule has 0 unspecified atom stereocenters. The molecule has 1 aliphatic rings. The van der Waals surface area contributed by atoms with Gasteiger partial charge >= 0.3 is 0 Å². The van der Waals surface area contributed by atoms with Crippen molar-refractivity contribution < 1.29 is 9.53 Å². The lowest BCUT2D eigenvalue weighted by molar-refractivity contribution is 0.0747. The van der Waals surface area contributed by atoms with Gasteiger partial charge in [-0.1, -0.05) is 53.8 Å². The number of anilines is 1. The number of amides is 1. The van der Waals surface area contributed by atoms with Gasteiger partial charge in [0.05, 0.1) is 16.8 Å².